The summed E-state index contributed by atoms with van der Waals surface area (Å²) in [5, 5.41) is 17.1. The molecule has 2 aromatic carbocycles. The van der Waals surface area contributed by atoms with Gasteiger partial charge in [-0.05, 0) is 68.4 Å². The second kappa shape index (κ2) is 7.24. The molecule has 6 rings (SSSR count). The van der Waals surface area contributed by atoms with Crippen LogP contribution in [0.2, 0.25) is 0 Å². The smallest absolute Gasteiger partial charge is 0.181 e. The number of nitrogens with one attached hydrogen (secondary N) is 2. The van der Waals surface area contributed by atoms with E-state index in [2.05, 4.69) is 31.4 Å². The van der Waals surface area contributed by atoms with Crippen molar-refractivity contribution in [2.75, 3.05) is 20.2 Å². The minimum absolute atomic E-state index is 0.692. The maximum Gasteiger partial charge on any atom is 0.181 e. The van der Waals surface area contributed by atoms with E-state index >= 15 is 0 Å². The summed E-state index contributed by atoms with van der Waals surface area (Å²) < 4.78 is 11.4. The Labute approximate surface area is 178 Å². The van der Waals surface area contributed by atoms with Crippen LogP contribution in [0.1, 0.15) is 18.7 Å². The van der Waals surface area contributed by atoms with Crippen molar-refractivity contribution in [2.24, 2.45) is 0 Å². The molecule has 0 radical (unpaired) electrons. The molecule has 31 heavy (non-hydrogen) atoms. The first-order valence-electron chi connectivity index (χ1n) is 10.5. The lowest BCUT2D eigenvalue weighted by Crippen LogP contribution is -2.19. The number of furan rings is 1. The van der Waals surface area contributed by atoms with E-state index in [1.165, 1.54) is 12.8 Å². The minimum Gasteiger partial charge on any atom is -0.497 e. The van der Waals surface area contributed by atoms with E-state index in [1.54, 1.807) is 7.11 Å². The highest BCUT2D eigenvalue weighted by Gasteiger charge is 2.17. The van der Waals surface area contributed by atoms with Crippen LogP contribution >= 0.6 is 0 Å². The molecule has 8 nitrogen and oxygen atoms in total. The van der Waals surface area contributed by atoms with E-state index in [1.807, 2.05) is 36.4 Å². The molecule has 8 heteroatoms. The number of aromatic amines is 2. The average molecular weight is 414 g/mol. The van der Waals surface area contributed by atoms with E-state index in [9.17, 15) is 0 Å². The van der Waals surface area contributed by atoms with Crippen LogP contribution in [0.3, 0.4) is 0 Å². The molecular formula is C23H22N6O2. The molecule has 2 N–H and O–H groups in total. The summed E-state index contributed by atoms with van der Waals surface area (Å²) in [5.41, 5.74) is 3.44. The molecule has 3 aromatic heterocycles. The van der Waals surface area contributed by atoms with Crippen molar-refractivity contribution in [3.05, 3.63) is 48.3 Å². The lowest BCUT2D eigenvalue weighted by atomic mass is 10.1. The number of benzene rings is 2. The minimum atomic E-state index is 0.692. The van der Waals surface area contributed by atoms with Gasteiger partial charge in [0.1, 0.15) is 22.9 Å². The Bertz CT molecular complexity index is 1380. The van der Waals surface area contributed by atoms with Gasteiger partial charge < -0.3 is 9.15 Å². The topological polar surface area (TPSA) is 95.9 Å². The van der Waals surface area contributed by atoms with Gasteiger partial charge in [0.2, 0.25) is 0 Å². The van der Waals surface area contributed by atoms with Crippen molar-refractivity contribution >= 4 is 21.9 Å². The van der Waals surface area contributed by atoms with Gasteiger partial charge in [0, 0.05) is 16.3 Å². The fraction of sp³-hybridized carbons (Fsp3) is 0.261. The molecule has 1 aliphatic rings. The molecule has 0 atom stereocenters. The highest BCUT2D eigenvalue weighted by Crippen LogP contribution is 2.34. The van der Waals surface area contributed by atoms with E-state index in [4.69, 9.17) is 14.1 Å². The van der Waals surface area contributed by atoms with E-state index < -0.39 is 0 Å². The number of aromatic nitrogens is 5. The number of fused-ring (bicyclic) bond motifs is 2. The van der Waals surface area contributed by atoms with Crippen molar-refractivity contribution in [1.29, 1.82) is 0 Å². The molecule has 0 saturated carbocycles. The van der Waals surface area contributed by atoms with Crippen LogP contribution in [0, 0.1) is 0 Å². The zero-order valence-corrected chi connectivity index (χ0v) is 17.2. The van der Waals surface area contributed by atoms with Crippen molar-refractivity contribution in [3.8, 4) is 28.6 Å². The Morgan fingerprint density at radius 3 is 2.81 bits per heavy atom. The maximum absolute atomic E-state index is 6.06. The van der Waals surface area contributed by atoms with Crippen LogP contribution in [0.4, 0.5) is 0 Å². The lowest BCUT2D eigenvalue weighted by molar-refractivity contribution is 0.323. The Balaban J connectivity index is 1.36. The van der Waals surface area contributed by atoms with Crippen LogP contribution in [-0.4, -0.2) is 50.5 Å². The SMILES string of the molecule is COc1ccc2oc(-c3n[nH]c4ccc(-c5n[nH]c(CN6CCCC6)n5)cc34)cc2c1. The third kappa shape index (κ3) is 3.25. The standard InChI is InChI=1S/C23H22N6O2/c1-30-16-5-7-19-15(10-16)12-20(31-19)22-17-11-14(4-6-18(17)25-27-22)23-24-21(26-28-23)13-29-8-2-3-9-29/h4-7,10-12H,2-3,8-9,13H2,1H3,(H,25,27)(H,24,26,28). The zero-order valence-electron chi connectivity index (χ0n) is 17.2. The zero-order chi connectivity index (χ0) is 20.8. The van der Waals surface area contributed by atoms with Gasteiger partial charge >= 0.3 is 0 Å². The van der Waals surface area contributed by atoms with Gasteiger partial charge in [-0.1, -0.05) is 0 Å². The summed E-state index contributed by atoms with van der Waals surface area (Å²) in [6, 6.07) is 13.8. The Kier molecular flexibility index (Phi) is 4.24. The predicted molar refractivity (Wildman–Crippen MR) is 118 cm³/mol. The molecule has 5 aromatic rings. The molecule has 156 valence electrons. The molecule has 4 heterocycles. The van der Waals surface area contributed by atoms with Crippen molar-refractivity contribution in [3.63, 3.8) is 0 Å². The first kappa shape index (κ1) is 18.1. The summed E-state index contributed by atoms with van der Waals surface area (Å²) in [6.45, 7) is 3.07. The summed E-state index contributed by atoms with van der Waals surface area (Å²) in [6.07, 6.45) is 2.52. The molecule has 1 aliphatic heterocycles. The van der Waals surface area contributed by atoms with Crippen LogP contribution in [0.25, 0.3) is 44.7 Å². The van der Waals surface area contributed by atoms with Gasteiger partial charge in [0.15, 0.2) is 11.6 Å². The number of ether oxygens (including phenoxy) is 1. The van der Waals surface area contributed by atoms with Crippen molar-refractivity contribution in [2.45, 2.75) is 19.4 Å². The van der Waals surface area contributed by atoms with Gasteiger partial charge in [-0.15, -0.1) is 0 Å². The van der Waals surface area contributed by atoms with Gasteiger partial charge in [-0.25, -0.2) is 4.98 Å². The average Bonchev–Trinajstić information content (AvgIpc) is 3.58. The quantitative estimate of drug-likeness (QED) is 0.443. The number of nitrogens with zero attached hydrogens (tertiary/aromatic N) is 4. The fourth-order valence-corrected chi connectivity index (χ4v) is 4.25. The number of hydrogen-bond donors (Lipinski definition) is 2. The number of hydrogen-bond acceptors (Lipinski definition) is 6. The van der Waals surface area contributed by atoms with E-state index in [0.29, 0.717) is 11.6 Å². The second-order valence-corrected chi connectivity index (χ2v) is 7.94. The normalized spacial score (nSPS) is 14.7. The monoisotopic (exact) mass is 414 g/mol. The van der Waals surface area contributed by atoms with Crippen LogP contribution in [0.15, 0.2) is 46.9 Å². The molecule has 0 aliphatic carbocycles. The molecule has 1 saturated heterocycles. The molecule has 0 spiro atoms. The van der Waals surface area contributed by atoms with E-state index in [-0.39, 0.29) is 0 Å². The summed E-state index contributed by atoms with van der Waals surface area (Å²) in [5.74, 6) is 3.09. The van der Waals surface area contributed by atoms with Crippen molar-refractivity contribution < 1.29 is 9.15 Å². The van der Waals surface area contributed by atoms with Gasteiger partial charge in [-0.2, -0.15) is 10.2 Å². The molecule has 0 amide bonds. The molecule has 0 unspecified atom stereocenters. The Morgan fingerprint density at radius 1 is 1.03 bits per heavy atom. The van der Waals surface area contributed by atoms with Crippen LogP contribution < -0.4 is 4.74 Å². The lowest BCUT2D eigenvalue weighted by Gasteiger charge is -2.11. The Hall–Kier alpha value is -3.65. The summed E-state index contributed by atoms with van der Waals surface area (Å²) >= 11 is 0. The number of likely N-dealkylation sites (tertiary alicyclic amines) is 1. The fourth-order valence-electron chi connectivity index (χ4n) is 4.25. The maximum atomic E-state index is 6.06. The number of H-pyrrole nitrogens is 2. The number of methoxy groups -OCH3 is 1. The summed E-state index contributed by atoms with van der Waals surface area (Å²) in [4.78, 5) is 7.12. The van der Waals surface area contributed by atoms with Crippen molar-refractivity contribution in [1.82, 2.24) is 30.3 Å². The predicted octanol–water partition coefficient (Wildman–Crippen LogP) is 4.37. The molecule has 1 fully saturated rings. The van der Waals surface area contributed by atoms with Gasteiger partial charge in [-0.3, -0.25) is 15.1 Å². The van der Waals surface area contributed by atoms with E-state index in [0.717, 1.165) is 64.3 Å². The highest BCUT2D eigenvalue weighted by atomic mass is 16.5. The number of rotatable bonds is 5. The first-order chi connectivity index (χ1) is 15.3. The largest absolute Gasteiger partial charge is 0.497 e. The molecular weight excluding hydrogens is 392 g/mol. The van der Waals surface area contributed by atoms with Crippen LogP contribution in [-0.2, 0) is 6.54 Å². The van der Waals surface area contributed by atoms with Gasteiger partial charge in [0.05, 0.1) is 19.2 Å². The van der Waals surface area contributed by atoms with Gasteiger partial charge in [0.25, 0.3) is 0 Å². The molecule has 0 bridgehead atoms. The van der Waals surface area contributed by atoms with Crippen LogP contribution in [0.5, 0.6) is 5.75 Å². The second-order valence-electron chi connectivity index (χ2n) is 7.94. The summed E-state index contributed by atoms with van der Waals surface area (Å²) in [7, 11) is 1.66. The third-order valence-corrected chi connectivity index (χ3v) is 5.88. The third-order valence-electron chi connectivity index (χ3n) is 5.88. The first-order valence-corrected chi connectivity index (χ1v) is 10.5. The Morgan fingerprint density at radius 2 is 1.94 bits per heavy atom. The highest BCUT2D eigenvalue weighted by molar-refractivity contribution is 5.96.